The van der Waals surface area contributed by atoms with E-state index in [2.05, 4.69) is 33.4 Å². The molecule has 0 saturated carbocycles. The maximum absolute atomic E-state index is 11.9. The molecule has 4 heteroatoms. The van der Waals surface area contributed by atoms with Crippen molar-refractivity contribution in [2.45, 2.75) is 18.3 Å². The van der Waals surface area contributed by atoms with E-state index in [9.17, 15) is 4.79 Å². The number of ether oxygens (including phenoxy) is 1. The third kappa shape index (κ3) is 4.90. The number of benzene rings is 2. The van der Waals surface area contributed by atoms with Crippen LogP contribution >= 0.6 is 15.9 Å². The van der Waals surface area contributed by atoms with Gasteiger partial charge in [-0.3, -0.25) is 4.79 Å². The zero-order valence-corrected chi connectivity index (χ0v) is 13.5. The molecule has 0 atom stereocenters. The number of carbonyl (C=O) groups is 1. The van der Waals surface area contributed by atoms with Crippen molar-refractivity contribution < 1.29 is 9.53 Å². The molecule has 0 saturated heterocycles. The fraction of sp³-hybridized carbons (Fsp3) is 0.235. The maximum Gasteiger partial charge on any atom is 0.224 e. The predicted octanol–water partition coefficient (Wildman–Crippen LogP) is 3.45. The van der Waals surface area contributed by atoms with Crippen LogP contribution in [0.15, 0.2) is 48.5 Å². The lowest BCUT2D eigenvalue weighted by molar-refractivity contribution is -0.120. The number of nitrogens with one attached hydrogen (secondary N) is 1. The normalized spacial score (nSPS) is 10.2. The topological polar surface area (TPSA) is 38.3 Å². The highest BCUT2D eigenvalue weighted by atomic mass is 79.9. The van der Waals surface area contributed by atoms with Crippen molar-refractivity contribution in [2.75, 3.05) is 7.11 Å². The molecule has 2 aromatic rings. The second-order valence-electron chi connectivity index (χ2n) is 4.76. The van der Waals surface area contributed by atoms with Gasteiger partial charge >= 0.3 is 0 Å². The van der Waals surface area contributed by atoms with E-state index in [1.807, 2.05) is 36.4 Å². The average Bonchev–Trinajstić information content (AvgIpc) is 2.53. The first kappa shape index (κ1) is 15.6. The smallest absolute Gasteiger partial charge is 0.224 e. The molecule has 0 fully saturated rings. The number of carbonyl (C=O) groups excluding carboxylic acids is 1. The molecule has 0 unspecified atom stereocenters. The van der Waals surface area contributed by atoms with Gasteiger partial charge < -0.3 is 10.1 Å². The molecule has 21 heavy (non-hydrogen) atoms. The third-order valence-corrected chi connectivity index (χ3v) is 3.81. The summed E-state index contributed by atoms with van der Waals surface area (Å²) >= 11 is 3.41. The lowest BCUT2D eigenvalue weighted by atomic mass is 10.1. The minimum Gasteiger partial charge on any atom is -0.497 e. The van der Waals surface area contributed by atoms with Crippen molar-refractivity contribution in [1.82, 2.24) is 5.32 Å². The summed E-state index contributed by atoms with van der Waals surface area (Å²) in [7, 11) is 1.62. The molecule has 1 amide bonds. The first-order valence-electron chi connectivity index (χ1n) is 6.74. The molecule has 2 aromatic carbocycles. The molecule has 0 aromatic heterocycles. The number of methoxy groups -OCH3 is 1. The van der Waals surface area contributed by atoms with Crippen molar-refractivity contribution in [3.63, 3.8) is 0 Å². The molecule has 0 heterocycles. The highest BCUT2D eigenvalue weighted by Gasteiger charge is 2.04. The first-order valence-corrected chi connectivity index (χ1v) is 7.87. The second-order valence-corrected chi connectivity index (χ2v) is 5.32. The van der Waals surface area contributed by atoms with E-state index in [4.69, 9.17) is 4.74 Å². The van der Waals surface area contributed by atoms with E-state index in [0.717, 1.165) is 22.2 Å². The third-order valence-electron chi connectivity index (χ3n) is 3.17. The van der Waals surface area contributed by atoms with Gasteiger partial charge in [0.1, 0.15) is 5.75 Å². The summed E-state index contributed by atoms with van der Waals surface area (Å²) in [5.74, 6) is 0.776. The van der Waals surface area contributed by atoms with Crippen LogP contribution in [0.2, 0.25) is 0 Å². The molecule has 1 N–H and O–H groups in total. The minimum absolute atomic E-state index is 0.00724. The molecule has 0 spiro atoms. The number of amides is 1. The van der Waals surface area contributed by atoms with Gasteiger partial charge in [-0.15, -0.1) is 0 Å². The van der Waals surface area contributed by atoms with Crippen molar-refractivity contribution in [1.29, 1.82) is 0 Å². The fourth-order valence-electron chi connectivity index (χ4n) is 1.98. The average molecular weight is 348 g/mol. The van der Waals surface area contributed by atoms with Crippen LogP contribution in [0.3, 0.4) is 0 Å². The minimum atomic E-state index is 0.00724. The molecular weight excluding hydrogens is 330 g/mol. The standard InChI is InChI=1S/C17H18BrNO2/c1-21-16-4-2-3-15(9-16)10-17(20)19-12-14-7-5-13(11-18)6-8-14/h2-9H,10-12H2,1H3,(H,19,20). The quantitative estimate of drug-likeness (QED) is 0.812. The number of hydrogen-bond donors (Lipinski definition) is 1. The zero-order valence-electron chi connectivity index (χ0n) is 11.9. The summed E-state index contributed by atoms with van der Waals surface area (Å²) in [5, 5.41) is 3.77. The van der Waals surface area contributed by atoms with E-state index in [0.29, 0.717) is 13.0 Å². The SMILES string of the molecule is COc1cccc(CC(=O)NCc2ccc(CBr)cc2)c1. The second kappa shape index (κ2) is 7.84. The van der Waals surface area contributed by atoms with Crippen LogP contribution in [0, 0.1) is 0 Å². The Hall–Kier alpha value is -1.81. The van der Waals surface area contributed by atoms with E-state index in [1.165, 1.54) is 5.56 Å². The fourth-order valence-corrected chi connectivity index (χ4v) is 2.35. The van der Waals surface area contributed by atoms with Gasteiger partial charge in [0.25, 0.3) is 0 Å². The van der Waals surface area contributed by atoms with Crippen LogP contribution in [0.4, 0.5) is 0 Å². The number of rotatable bonds is 6. The molecule has 0 aliphatic rings. The molecule has 0 radical (unpaired) electrons. The Kier molecular flexibility index (Phi) is 5.81. The Morgan fingerprint density at radius 1 is 1.10 bits per heavy atom. The zero-order chi connectivity index (χ0) is 15.1. The van der Waals surface area contributed by atoms with Gasteiger partial charge in [-0.25, -0.2) is 0 Å². The van der Waals surface area contributed by atoms with Gasteiger partial charge in [0.15, 0.2) is 0 Å². The van der Waals surface area contributed by atoms with Crippen molar-refractivity contribution in [3.05, 3.63) is 65.2 Å². The van der Waals surface area contributed by atoms with Gasteiger partial charge in [0.2, 0.25) is 5.91 Å². The predicted molar refractivity (Wildman–Crippen MR) is 87.6 cm³/mol. The Balaban J connectivity index is 1.86. The van der Waals surface area contributed by atoms with Gasteiger partial charge in [-0.2, -0.15) is 0 Å². The Labute approximate surface area is 133 Å². The van der Waals surface area contributed by atoms with Crippen LogP contribution in [-0.2, 0) is 23.1 Å². The number of halogens is 1. The summed E-state index contributed by atoms with van der Waals surface area (Å²) in [6.45, 7) is 0.547. The Morgan fingerprint density at radius 3 is 2.48 bits per heavy atom. The molecule has 2 rings (SSSR count). The van der Waals surface area contributed by atoms with Crippen molar-refractivity contribution in [2.24, 2.45) is 0 Å². The van der Waals surface area contributed by atoms with Gasteiger partial charge in [-0.05, 0) is 28.8 Å². The largest absolute Gasteiger partial charge is 0.497 e. The summed E-state index contributed by atoms with van der Waals surface area (Å²) < 4.78 is 5.15. The molecule has 110 valence electrons. The lowest BCUT2D eigenvalue weighted by Crippen LogP contribution is -2.24. The summed E-state index contributed by atoms with van der Waals surface area (Å²) in [6.07, 6.45) is 0.358. The lowest BCUT2D eigenvalue weighted by Gasteiger charge is -2.07. The van der Waals surface area contributed by atoms with Crippen LogP contribution in [0.1, 0.15) is 16.7 Å². The van der Waals surface area contributed by atoms with Crippen LogP contribution < -0.4 is 10.1 Å². The van der Waals surface area contributed by atoms with E-state index in [-0.39, 0.29) is 5.91 Å². The molecule has 3 nitrogen and oxygen atoms in total. The summed E-state index contributed by atoms with van der Waals surface area (Å²) in [4.78, 5) is 11.9. The highest BCUT2D eigenvalue weighted by Crippen LogP contribution is 2.13. The van der Waals surface area contributed by atoms with E-state index < -0.39 is 0 Å². The molecule has 0 aliphatic carbocycles. The van der Waals surface area contributed by atoms with Crippen molar-refractivity contribution >= 4 is 21.8 Å². The summed E-state index contributed by atoms with van der Waals surface area (Å²) in [5.41, 5.74) is 3.27. The molecule has 0 aliphatic heterocycles. The monoisotopic (exact) mass is 347 g/mol. The van der Waals surface area contributed by atoms with Crippen LogP contribution in [0.25, 0.3) is 0 Å². The van der Waals surface area contributed by atoms with Gasteiger partial charge in [0.05, 0.1) is 13.5 Å². The van der Waals surface area contributed by atoms with E-state index in [1.54, 1.807) is 7.11 Å². The van der Waals surface area contributed by atoms with Gasteiger partial charge in [0, 0.05) is 11.9 Å². The summed E-state index contributed by atoms with van der Waals surface area (Å²) in [6, 6.07) is 15.7. The number of hydrogen-bond acceptors (Lipinski definition) is 2. The highest BCUT2D eigenvalue weighted by molar-refractivity contribution is 9.08. The van der Waals surface area contributed by atoms with E-state index >= 15 is 0 Å². The van der Waals surface area contributed by atoms with Crippen LogP contribution in [-0.4, -0.2) is 13.0 Å². The Bertz CT molecular complexity index is 596. The van der Waals surface area contributed by atoms with Crippen LogP contribution in [0.5, 0.6) is 5.75 Å². The van der Waals surface area contributed by atoms with Gasteiger partial charge in [-0.1, -0.05) is 52.3 Å². The Morgan fingerprint density at radius 2 is 1.81 bits per heavy atom. The molecular formula is C17H18BrNO2. The first-order chi connectivity index (χ1) is 10.2. The van der Waals surface area contributed by atoms with Crippen molar-refractivity contribution in [3.8, 4) is 5.75 Å². The number of alkyl halides is 1. The molecule has 0 bridgehead atoms. The maximum atomic E-state index is 11.9.